The standard InChI is InChI=1S/C21H20ClN3O2/c1-14(2)27-20-9-4-3-8-18(20)25-21(26)19-11-10-17(13-23-19)24-16-7-5-6-15(22)12-16/h3-14,24H,1-2H3,(H,25,26). The van der Waals surface area contributed by atoms with Gasteiger partial charge in [0.2, 0.25) is 0 Å². The van der Waals surface area contributed by atoms with Crippen LogP contribution in [0.25, 0.3) is 0 Å². The molecule has 1 amide bonds. The van der Waals surface area contributed by atoms with E-state index in [1.54, 1.807) is 30.5 Å². The predicted molar refractivity (Wildman–Crippen MR) is 109 cm³/mol. The molecule has 2 N–H and O–H groups in total. The van der Waals surface area contributed by atoms with Crippen molar-refractivity contribution >= 4 is 34.6 Å². The van der Waals surface area contributed by atoms with E-state index in [1.807, 2.05) is 50.2 Å². The van der Waals surface area contributed by atoms with Crippen LogP contribution in [0.5, 0.6) is 5.75 Å². The molecule has 0 fully saturated rings. The average Bonchev–Trinajstić information content (AvgIpc) is 2.63. The van der Waals surface area contributed by atoms with Gasteiger partial charge in [-0.3, -0.25) is 4.79 Å². The van der Waals surface area contributed by atoms with E-state index in [9.17, 15) is 4.79 Å². The number of aromatic nitrogens is 1. The van der Waals surface area contributed by atoms with E-state index in [4.69, 9.17) is 16.3 Å². The van der Waals surface area contributed by atoms with Crippen molar-refractivity contribution in [1.82, 2.24) is 4.98 Å². The fraction of sp³-hybridized carbons (Fsp3) is 0.143. The fourth-order valence-electron chi connectivity index (χ4n) is 2.45. The van der Waals surface area contributed by atoms with Crippen LogP contribution in [0.2, 0.25) is 5.02 Å². The van der Waals surface area contributed by atoms with Crippen molar-refractivity contribution in [3.63, 3.8) is 0 Å². The minimum Gasteiger partial charge on any atom is -0.489 e. The average molecular weight is 382 g/mol. The molecule has 0 bridgehead atoms. The topological polar surface area (TPSA) is 63.2 Å². The summed E-state index contributed by atoms with van der Waals surface area (Å²) >= 11 is 5.98. The molecule has 0 saturated carbocycles. The molecule has 138 valence electrons. The van der Waals surface area contributed by atoms with Gasteiger partial charge >= 0.3 is 0 Å². The largest absolute Gasteiger partial charge is 0.489 e. The molecule has 0 atom stereocenters. The van der Waals surface area contributed by atoms with Gasteiger partial charge in [0.15, 0.2) is 0 Å². The Hall–Kier alpha value is -3.05. The summed E-state index contributed by atoms with van der Waals surface area (Å²) in [5.74, 6) is 0.323. The molecule has 3 rings (SSSR count). The lowest BCUT2D eigenvalue weighted by Gasteiger charge is -2.14. The van der Waals surface area contributed by atoms with Crippen LogP contribution in [0.3, 0.4) is 0 Å². The minimum absolute atomic E-state index is 0.0121. The number of carbonyl (C=O) groups excluding carboxylic acids is 1. The van der Waals surface area contributed by atoms with Gasteiger partial charge in [-0.15, -0.1) is 0 Å². The number of hydrogen-bond donors (Lipinski definition) is 2. The fourth-order valence-corrected chi connectivity index (χ4v) is 2.64. The molecule has 5 nitrogen and oxygen atoms in total. The Morgan fingerprint density at radius 3 is 2.56 bits per heavy atom. The number of ether oxygens (including phenoxy) is 1. The Kier molecular flexibility index (Phi) is 5.94. The van der Waals surface area contributed by atoms with E-state index >= 15 is 0 Å². The predicted octanol–water partition coefficient (Wildman–Crippen LogP) is 5.52. The number of hydrogen-bond acceptors (Lipinski definition) is 4. The van der Waals surface area contributed by atoms with Crippen molar-refractivity contribution in [3.8, 4) is 5.75 Å². The second-order valence-corrected chi connectivity index (χ2v) is 6.62. The van der Waals surface area contributed by atoms with Crippen LogP contribution in [0.1, 0.15) is 24.3 Å². The van der Waals surface area contributed by atoms with E-state index in [2.05, 4.69) is 15.6 Å². The Morgan fingerprint density at radius 1 is 1.04 bits per heavy atom. The summed E-state index contributed by atoms with van der Waals surface area (Å²) in [6.07, 6.45) is 1.62. The van der Waals surface area contributed by atoms with Crippen LogP contribution < -0.4 is 15.4 Å². The molecule has 2 aromatic carbocycles. The Bertz CT molecular complexity index is 927. The van der Waals surface area contributed by atoms with Crippen LogP contribution in [-0.4, -0.2) is 17.0 Å². The van der Waals surface area contributed by atoms with Crippen LogP contribution in [0.4, 0.5) is 17.1 Å². The smallest absolute Gasteiger partial charge is 0.274 e. The normalized spacial score (nSPS) is 10.5. The molecular weight excluding hydrogens is 362 g/mol. The van der Waals surface area contributed by atoms with Crippen molar-refractivity contribution in [3.05, 3.63) is 77.6 Å². The first-order chi connectivity index (χ1) is 13.0. The highest BCUT2D eigenvalue weighted by Crippen LogP contribution is 2.25. The van der Waals surface area contributed by atoms with Gasteiger partial charge in [0.05, 0.1) is 23.7 Å². The molecule has 0 aliphatic heterocycles. The molecule has 0 radical (unpaired) electrons. The second-order valence-electron chi connectivity index (χ2n) is 6.18. The summed E-state index contributed by atoms with van der Waals surface area (Å²) in [7, 11) is 0. The van der Waals surface area contributed by atoms with E-state index in [0.29, 0.717) is 22.2 Å². The number of para-hydroxylation sites is 2. The molecule has 1 heterocycles. The van der Waals surface area contributed by atoms with Crippen LogP contribution in [-0.2, 0) is 0 Å². The summed E-state index contributed by atoms with van der Waals surface area (Å²) < 4.78 is 5.72. The van der Waals surface area contributed by atoms with Gasteiger partial charge in [-0.25, -0.2) is 4.98 Å². The molecule has 0 unspecified atom stereocenters. The highest BCUT2D eigenvalue weighted by atomic mass is 35.5. The maximum absolute atomic E-state index is 12.5. The van der Waals surface area contributed by atoms with Crippen LogP contribution in [0, 0.1) is 0 Å². The Morgan fingerprint density at radius 2 is 1.85 bits per heavy atom. The summed E-state index contributed by atoms with van der Waals surface area (Å²) in [4.78, 5) is 16.7. The number of nitrogens with one attached hydrogen (secondary N) is 2. The van der Waals surface area contributed by atoms with E-state index in [-0.39, 0.29) is 12.0 Å². The lowest BCUT2D eigenvalue weighted by atomic mass is 10.2. The zero-order chi connectivity index (χ0) is 19.2. The van der Waals surface area contributed by atoms with Gasteiger partial charge in [0, 0.05) is 10.7 Å². The van der Waals surface area contributed by atoms with Gasteiger partial charge in [0.1, 0.15) is 11.4 Å². The lowest BCUT2D eigenvalue weighted by molar-refractivity contribution is 0.102. The Labute approximate surface area is 163 Å². The zero-order valence-corrected chi connectivity index (χ0v) is 15.8. The third-order valence-electron chi connectivity index (χ3n) is 3.61. The number of halogens is 1. The second kappa shape index (κ2) is 8.56. The number of nitrogens with zero attached hydrogens (tertiary/aromatic N) is 1. The highest BCUT2D eigenvalue weighted by molar-refractivity contribution is 6.30. The molecule has 6 heteroatoms. The van der Waals surface area contributed by atoms with Crippen molar-refractivity contribution in [2.24, 2.45) is 0 Å². The van der Waals surface area contributed by atoms with E-state index in [1.165, 1.54) is 0 Å². The minimum atomic E-state index is -0.302. The summed E-state index contributed by atoms with van der Waals surface area (Å²) in [5, 5.41) is 6.68. The number of pyridine rings is 1. The number of anilines is 3. The van der Waals surface area contributed by atoms with Crippen molar-refractivity contribution in [2.75, 3.05) is 10.6 Å². The zero-order valence-electron chi connectivity index (χ0n) is 15.1. The number of rotatable bonds is 6. The van der Waals surface area contributed by atoms with Crippen molar-refractivity contribution < 1.29 is 9.53 Å². The number of carbonyl (C=O) groups is 1. The third kappa shape index (κ3) is 5.21. The number of amides is 1. The monoisotopic (exact) mass is 381 g/mol. The molecule has 0 spiro atoms. The van der Waals surface area contributed by atoms with Gasteiger partial charge in [-0.1, -0.05) is 29.8 Å². The molecule has 0 aliphatic rings. The summed E-state index contributed by atoms with van der Waals surface area (Å²) in [6.45, 7) is 3.87. The maximum Gasteiger partial charge on any atom is 0.274 e. The van der Waals surface area contributed by atoms with Crippen molar-refractivity contribution in [2.45, 2.75) is 20.0 Å². The molecule has 0 saturated heterocycles. The molecule has 3 aromatic rings. The van der Waals surface area contributed by atoms with E-state index < -0.39 is 0 Å². The van der Waals surface area contributed by atoms with Crippen molar-refractivity contribution in [1.29, 1.82) is 0 Å². The molecule has 27 heavy (non-hydrogen) atoms. The summed E-state index contributed by atoms with van der Waals surface area (Å²) in [6, 6.07) is 18.1. The van der Waals surface area contributed by atoms with Crippen LogP contribution >= 0.6 is 11.6 Å². The van der Waals surface area contributed by atoms with Gasteiger partial charge in [-0.2, -0.15) is 0 Å². The van der Waals surface area contributed by atoms with E-state index in [0.717, 1.165) is 11.4 Å². The first kappa shape index (κ1) is 18.7. The Balaban J connectivity index is 1.69. The van der Waals surface area contributed by atoms with Crippen LogP contribution in [0.15, 0.2) is 66.9 Å². The first-order valence-corrected chi connectivity index (χ1v) is 8.95. The number of benzene rings is 2. The lowest BCUT2D eigenvalue weighted by Crippen LogP contribution is -2.15. The highest BCUT2D eigenvalue weighted by Gasteiger charge is 2.12. The maximum atomic E-state index is 12.5. The SMILES string of the molecule is CC(C)Oc1ccccc1NC(=O)c1ccc(Nc2cccc(Cl)c2)cn1. The van der Waals surface area contributed by atoms with Gasteiger partial charge in [0.25, 0.3) is 5.91 Å². The summed E-state index contributed by atoms with van der Waals surface area (Å²) in [5.41, 5.74) is 2.53. The molecule has 1 aromatic heterocycles. The quantitative estimate of drug-likeness (QED) is 0.590. The molecular formula is C21H20ClN3O2. The van der Waals surface area contributed by atoms with Gasteiger partial charge < -0.3 is 15.4 Å². The third-order valence-corrected chi connectivity index (χ3v) is 3.84. The first-order valence-electron chi connectivity index (χ1n) is 8.57. The van der Waals surface area contributed by atoms with Gasteiger partial charge in [-0.05, 0) is 56.3 Å². The molecule has 0 aliphatic carbocycles.